The number of amides is 1. The standard InChI is InChI=1S/C25H28F2N6O2/c1-17-3-2-4-18(11-17)16-28-31-21-13-23(32-7-9-35-10-8-32)33-6-5-19(12-22(33)30-21)24(34)29-20-14-25(26,27)15-20/h2-5,11-13,16,20H,6-10,14-15H2,1H3,(H,29,34)(H,30,31)/b28-16+. The van der Waals surface area contributed by atoms with E-state index in [-0.39, 0.29) is 18.7 Å². The van der Waals surface area contributed by atoms with Gasteiger partial charge >= 0.3 is 0 Å². The van der Waals surface area contributed by atoms with Crippen LogP contribution in [0.3, 0.4) is 0 Å². The zero-order valence-corrected chi connectivity index (χ0v) is 19.5. The third kappa shape index (κ3) is 5.43. The van der Waals surface area contributed by atoms with Crippen molar-refractivity contribution in [2.45, 2.75) is 31.7 Å². The number of hydrogen-bond donors (Lipinski definition) is 2. The summed E-state index contributed by atoms with van der Waals surface area (Å²) in [6.07, 6.45) is 6.52. The number of rotatable bonds is 5. The van der Waals surface area contributed by atoms with E-state index >= 15 is 0 Å². The molecule has 1 aromatic rings. The minimum atomic E-state index is -2.68. The Kier molecular flexibility index (Phi) is 6.38. The molecule has 0 spiro atoms. The summed E-state index contributed by atoms with van der Waals surface area (Å²) in [6.45, 7) is 5.21. The van der Waals surface area contributed by atoms with Gasteiger partial charge in [-0.25, -0.2) is 13.8 Å². The Hall–Kier alpha value is -3.53. The summed E-state index contributed by atoms with van der Waals surface area (Å²) in [5, 5.41) is 7.05. The van der Waals surface area contributed by atoms with Crippen molar-refractivity contribution < 1.29 is 18.3 Å². The van der Waals surface area contributed by atoms with Gasteiger partial charge in [-0.05, 0) is 18.6 Å². The molecule has 35 heavy (non-hydrogen) atoms. The van der Waals surface area contributed by atoms with Crippen LogP contribution in [-0.2, 0) is 9.53 Å². The van der Waals surface area contributed by atoms with Gasteiger partial charge in [0.2, 0.25) is 0 Å². The van der Waals surface area contributed by atoms with E-state index in [0.29, 0.717) is 37.0 Å². The van der Waals surface area contributed by atoms with Gasteiger partial charge in [0.1, 0.15) is 11.6 Å². The second-order valence-electron chi connectivity index (χ2n) is 9.09. The number of benzene rings is 1. The van der Waals surface area contributed by atoms with E-state index in [1.54, 1.807) is 18.4 Å². The minimum Gasteiger partial charge on any atom is -0.378 e. The topological polar surface area (TPSA) is 81.6 Å². The molecule has 0 radical (unpaired) electrons. The van der Waals surface area contributed by atoms with Crippen LogP contribution < -0.4 is 10.7 Å². The van der Waals surface area contributed by atoms with Gasteiger partial charge in [0.05, 0.1) is 19.4 Å². The third-order valence-electron chi connectivity index (χ3n) is 6.29. The molecule has 1 amide bonds. The van der Waals surface area contributed by atoms with Gasteiger partial charge in [-0.3, -0.25) is 10.2 Å². The first kappa shape index (κ1) is 23.2. The lowest BCUT2D eigenvalue weighted by molar-refractivity contribution is -0.125. The first-order valence-corrected chi connectivity index (χ1v) is 11.7. The first-order valence-electron chi connectivity index (χ1n) is 11.7. The van der Waals surface area contributed by atoms with Crippen molar-refractivity contribution in [3.05, 3.63) is 70.8 Å². The van der Waals surface area contributed by atoms with E-state index in [4.69, 9.17) is 4.74 Å². The number of aliphatic imine (C=N–C) groups is 1. The fraction of sp³-hybridized carbons (Fsp3) is 0.400. The van der Waals surface area contributed by atoms with Crippen LogP contribution >= 0.6 is 0 Å². The van der Waals surface area contributed by atoms with Gasteiger partial charge in [-0.15, -0.1) is 0 Å². The van der Waals surface area contributed by atoms with Crippen molar-refractivity contribution >= 4 is 18.0 Å². The number of amidine groups is 1. The number of hydrazone groups is 1. The molecular formula is C25H28F2N6O2. The Morgan fingerprint density at radius 3 is 2.80 bits per heavy atom. The summed E-state index contributed by atoms with van der Waals surface area (Å²) >= 11 is 0. The summed E-state index contributed by atoms with van der Waals surface area (Å²) in [5.74, 6) is -0.967. The minimum absolute atomic E-state index is 0.316. The molecule has 184 valence electrons. The molecule has 10 heteroatoms. The molecule has 1 saturated carbocycles. The molecular weight excluding hydrogens is 454 g/mol. The normalized spacial score (nSPS) is 21.9. The van der Waals surface area contributed by atoms with Crippen LogP contribution in [-0.4, -0.2) is 72.6 Å². The maximum absolute atomic E-state index is 13.2. The highest BCUT2D eigenvalue weighted by Crippen LogP contribution is 2.37. The molecule has 2 N–H and O–H groups in total. The molecule has 4 aliphatic rings. The van der Waals surface area contributed by atoms with Crippen molar-refractivity contribution in [3.8, 4) is 0 Å². The number of halogens is 2. The number of morpholine rings is 1. The Labute approximate surface area is 202 Å². The molecule has 2 fully saturated rings. The average Bonchev–Trinajstić information content (AvgIpc) is 2.82. The second kappa shape index (κ2) is 9.61. The van der Waals surface area contributed by atoms with Gasteiger partial charge in [0, 0.05) is 50.2 Å². The zero-order valence-electron chi connectivity index (χ0n) is 19.5. The van der Waals surface area contributed by atoms with Crippen LogP contribution in [0.15, 0.2) is 69.8 Å². The number of fused-ring (bicyclic) bond motifs is 1. The number of carbonyl (C=O) groups excluding carboxylic acids is 1. The number of nitrogens with zero attached hydrogens (tertiary/aromatic N) is 4. The maximum Gasteiger partial charge on any atom is 0.252 e. The maximum atomic E-state index is 13.2. The zero-order chi connectivity index (χ0) is 24.4. The summed E-state index contributed by atoms with van der Waals surface area (Å²) in [6, 6.07) is 7.49. The van der Waals surface area contributed by atoms with Crippen LogP contribution in [0.5, 0.6) is 0 Å². The van der Waals surface area contributed by atoms with Gasteiger partial charge in [-0.2, -0.15) is 5.10 Å². The van der Waals surface area contributed by atoms with E-state index in [1.807, 2.05) is 42.2 Å². The lowest BCUT2D eigenvalue weighted by Crippen LogP contribution is -2.51. The SMILES string of the molecule is Cc1cccc(/C=N/NC2=NC3=CC(C(=O)NC4CC(F)(F)C4)=CCN3C(N3CCOCC3)=C2)c1. The van der Waals surface area contributed by atoms with Crippen LogP contribution in [0.1, 0.15) is 24.0 Å². The van der Waals surface area contributed by atoms with Gasteiger partial charge in [-0.1, -0.05) is 35.9 Å². The first-order chi connectivity index (χ1) is 16.9. The smallest absolute Gasteiger partial charge is 0.252 e. The fourth-order valence-electron chi connectivity index (χ4n) is 4.44. The predicted molar refractivity (Wildman–Crippen MR) is 129 cm³/mol. The van der Waals surface area contributed by atoms with Crippen molar-refractivity contribution in [2.75, 3.05) is 32.8 Å². The highest BCUT2D eigenvalue weighted by Gasteiger charge is 2.46. The lowest BCUT2D eigenvalue weighted by atomic mass is 9.88. The molecule has 1 saturated heterocycles. The van der Waals surface area contributed by atoms with E-state index in [2.05, 4.69) is 25.7 Å². The lowest BCUT2D eigenvalue weighted by Gasteiger charge is -2.40. The van der Waals surface area contributed by atoms with E-state index in [1.165, 1.54) is 0 Å². The van der Waals surface area contributed by atoms with Crippen molar-refractivity contribution in [2.24, 2.45) is 10.1 Å². The number of carbonyl (C=O) groups is 1. The Morgan fingerprint density at radius 1 is 1.26 bits per heavy atom. The van der Waals surface area contributed by atoms with Gasteiger partial charge < -0.3 is 19.9 Å². The molecule has 0 atom stereocenters. The number of aryl methyl sites for hydroxylation is 1. The average molecular weight is 483 g/mol. The van der Waals surface area contributed by atoms with Crippen molar-refractivity contribution in [1.29, 1.82) is 0 Å². The summed E-state index contributed by atoms with van der Waals surface area (Å²) in [7, 11) is 0. The third-order valence-corrected chi connectivity index (χ3v) is 6.29. The van der Waals surface area contributed by atoms with Crippen molar-refractivity contribution in [1.82, 2.24) is 20.5 Å². The fourth-order valence-corrected chi connectivity index (χ4v) is 4.44. The van der Waals surface area contributed by atoms with E-state index in [9.17, 15) is 13.6 Å². The highest BCUT2D eigenvalue weighted by atomic mass is 19.3. The van der Waals surface area contributed by atoms with Crippen molar-refractivity contribution in [3.63, 3.8) is 0 Å². The molecule has 0 unspecified atom stereocenters. The Balaban J connectivity index is 1.34. The summed E-state index contributed by atoms with van der Waals surface area (Å²) in [4.78, 5) is 21.6. The van der Waals surface area contributed by atoms with Gasteiger partial charge in [0.15, 0.2) is 5.84 Å². The largest absolute Gasteiger partial charge is 0.378 e. The van der Waals surface area contributed by atoms with Crippen LogP contribution in [0.25, 0.3) is 0 Å². The monoisotopic (exact) mass is 482 g/mol. The molecule has 5 rings (SSSR count). The van der Waals surface area contributed by atoms with Gasteiger partial charge in [0.25, 0.3) is 11.8 Å². The molecule has 3 heterocycles. The number of nitrogens with one attached hydrogen (secondary N) is 2. The highest BCUT2D eigenvalue weighted by molar-refractivity contribution is 5.98. The van der Waals surface area contributed by atoms with Crippen LogP contribution in [0, 0.1) is 6.92 Å². The van der Waals surface area contributed by atoms with E-state index < -0.39 is 12.0 Å². The molecule has 0 bridgehead atoms. The summed E-state index contributed by atoms with van der Waals surface area (Å²) in [5.41, 5.74) is 5.54. The molecule has 3 aliphatic heterocycles. The molecule has 1 aliphatic carbocycles. The molecule has 1 aromatic carbocycles. The predicted octanol–water partition coefficient (Wildman–Crippen LogP) is 2.50. The van der Waals surface area contributed by atoms with Crippen LogP contribution in [0.4, 0.5) is 8.78 Å². The molecule has 0 aromatic heterocycles. The second-order valence-corrected chi connectivity index (χ2v) is 9.09. The number of alkyl halides is 2. The number of hydrogen-bond acceptors (Lipinski definition) is 7. The van der Waals surface area contributed by atoms with Crippen LogP contribution in [0.2, 0.25) is 0 Å². The Morgan fingerprint density at radius 2 is 2.06 bits per heavy atom. The van der Waals surface area contributed by atoms with E-state index in [0.717, 1.165) is 30.0 Å². The Bertz CT molecular complexity index is 1140. The summed E-state index contributed by atoms with van der Waals surface area (Å²) < 4.78 is 31.8. The quantitative estimate of drug-likeness (QED) is 0.498. The molecule has 8 nitrogen and oxygen atoms in total. The number of ether oxygens (including phenoxy) is 1.